The molecule has 1 fully saturated rings. The van der Waals surface area contributed by atoms with Crippen LogP contribution in [0, 0.1) is 11.6 Å². The number of thiazole rings is 1. The van der Waals surface area contributed by atoms with Crippen molar-refractivity contribution < 1.29 is 17.2 Å². The van der Waals surface area contributed by atoms with Gasteiger partial charge in [-0.25, -0.2) is 22.2 Å². The zero-order valence-electron chi connectivity index (χ0n) is 15.9. The molecule has 158 valence electrons. The summed E-state index contributed by atoms with van der Waals surface area (Å²) in [4.78, 5) is 6.31. The van der Waals surface area contributed by atoms with Crippen LogP contribution < -0.4 is 4.90 Å². The molecule has 0 saturated carbocycles. The highest BCUT2D eigenvalue weighted by molar-refractivity contribution is 7.92. The van der Waals surface area contributed by atoms with Crippen molar-refractivity contribution in [3.8, 4) is 0 Å². The minimum atomic E-state index is -3.85. The number of nitrogens with zero attached hydrogens (tertiary/aromatic N) is 2. The Kier molecular flexibility index (Phi) is 6.09. The Morgan fingerprint density at radius 2 is 1.80 bits per heavy atom. The lowest BCUT2D eigenvalue weighted by Crippen LogP contribution is -2.39. The number of rotatable bonds is 5. The number of anilines is 1. The lowest BCUT2D eigenvalue weighted by molar-refractivity contribution is 0.516. The van der Waals surface area contributed by atoms with Gasteiger partial charge in [0.15, 0.2) is 15.0 Å². The van der Waals surface area contributed by atoms with E-state index >= 15 is 0 Å². The van der Waals surface area contributed by atoms with Crippen LogP contribution in [0.3, 0.4) is 0 Å². The minimum Gasteiger partial charge on any atom is -0.348 e. The molecule has 2 heterocycles. The van der Waals surface area contributed by atoms with Gasteiger partial charge in [-0.05, 0) is 42.7 Å². The molecular weight excluding hydrogens is 450 g/mol. The summed E-state index contributed by atoms with van der Waals surface area (Å²) >= 11 is 7.44. The van der Waals surface area contributed by atoms with Crippen LogP contribution in [0.1, 0.15) is 24.1 Å². The second-order valence-corrected chi connectivity index (χ2v) is 10.7. The Morgan fingerprint density at radius 3 is 2.47 bits per heavy atom. The summed E-state index contributed by atoms with van der Waals surface area (Å²) in [6.07, 6.45) is 1.43. The van der Waals surface area contributed by atoms with Crippen LogP contribution in [0.4, 0.5) is 13.9 Å². The number of aromatic nitrogens is 1. The van der Waals surface area contributed by atoms with Gasteiger partial charge in [0, 0.05) is 36.0 Å². The molecule has 0 amide bonds. The fourth-order valence-corrected chi connectivity index (χ4v) is 6.36. The molecule has 0 radical (unpaired) electrons. The van der Waals surface area contributed by atoms with Crippen LogP contribution in [0.5, 0.6) is 0 Å². The number of piperidine rings is 1. The van der Waals surface area contributed by atoms with E-state index in [0.717, 1.165) is 28.5 Å². The summed E-state index contributed by atoms with van der Waals surface area (Å²) in [6.45, 7) is 1.03. The van der Waals surface area contributed by atoms with Gasteiger partial charge in [0.2, 0.25) is 0 Å². The van der Waals surface area contributed by atoms with Gasteiger partial charge >= 0.3 is 0 Å². The molecule has 0 N–H and O–H groups in total. The molecule has 4 nitrogen and oxygen atoms in total. The largest absolute Gasteiger partial charge is 0.348 e. The van der Waals surface area contributed by atoms with Crippen molar-refractivity contribution in [1.82, 2.24) is 4.98 Å². The van der Waals surface area contributed by atoms with Crippen molar-refractivity contribution in [2.45, 2.75) is 29.4 Å². The second-order valence-electron chi connectivity index (χ2n) is 7.23. The normalized spacial score (nSPS) is 15.5. The van der Waals surface area contributed by atoms with Crippen molar-refractivity contribution in [2.24, 2.45) is 0 Å². The third kappa shape index (κ3) is 4.50. The molecule has 4 rings (SSSR count). The first-order valence-electron chi connectivity index (χ1n) is 9.45. The first kappa shape index (κ1) is 21.2. The van der Waals surface area contributed by atoms with E-state index in [1.54, 1.807) is 0 Å². The first-order chi connectivity index (χ1) is 14.3. The predicted molar refractivity (Wildman–Crippen MR) is 115 cm³/mol. The van der Waals surface area contributed by atoms with Crippen LogP contribution in [-0.4, -0.2) is 31.7 Å². The Bertz CT molecular complexity index is 1140. The zero-order valence-corrected chi connectivity index (χ0v) is 18.3. The monoisotopic (exact) mass is 468 g/mol. The highest BCUT2D eigenvalue weighted by Crippen LogP contribution is 2.30. The van der Waals surface area contributed by atoms with E-state index in [1.165, 1.54) is 11.3 Å². The van der Waals surface area contributed by atoms with Gasteiger partial charge in [0.25, 0.3) is 0 Å². The fraction of sp³-hybridized carbons (Fsp3) is 0.286. The van der Waals surface area contributed by atoms with Crippen LogP contribution in [-0.2, 0) is 16.3 Å². The number of hydrogen-bond donors (Lipinski definition) is 0. The maximum atomic E-state index is 14.0. The Balaban J connectivity index is 1.41. The van der Waals surface area contributed by atoms with Gasteiger partial charge in [0.1, 0.15) is 16.5 Å². The number of halogens is 3. The zero-order chi connectivity index (χ0) is 21.3. The third-order valence-corrected chi connectivity index (χ3v) is 8.69. The van der Waals surface area contributed by atoms with E-state index in [1.807, 2.05) is 29.6 Å². The summed E-state index contributed by atoms with van der Waals surface area (Å²) in [5.74, 6) is -1.83. The van der Waals surface area contributed by atoms with Gasteiger partial charge in [-0.2, -0.15) is 0 Å². The maximum Gasteiger partial charge on any atom is 0.185 e. The number of sulfone groups is 1. The highest BCUT2D eigenvalue weighted by atomic mass is 35.5. The first-order valence-corrected chi connectivity index (χ1v) is 12.3. The molecule has 30 heavy (non-hydrogen) atoms. The van der Waals surface area contributed by atoms with Crippen LogP contribution in [0.15, 0.2) is 52.7 Å². The lowest BCUT2D eigenvalue weighted by Gasteiger charge is -2.31. The summed E-state index contributed by atoms with van der Waals surface area (Å²) in [5.41, 5.74) is 2.06. The molecule has 0 unspecified atom stereocenters. The lowest BCUT2D eigenvalue weighted by atomic mass is 10.1. The molecule has 9 heteroatoms. The van der Waals surface area contributed by atoms with Gasteiger partial charge in [-0.1, -0.05) is 23.7 Å². The van der Waals surface area contributed by atoms with Crippen molar-refractivity contribution in [3.63, 3.8) is 0 Å². The highest BCUT2D eigenvalue weighted by Gasteiger charge is 2.33. The molecule has 1 aliphatic heterocycles. The van der Waals surface area contributed by atoms with E-state index in [9.17, 15) is 17.2 Å². The summed E-state index contributed by atoms with van der Waals surface area (Å²) in [5, 5.41) is 2.85. The minimum absolute atomic E-state index is 0.366. The molecular formula is C21H19ClF2N2O2S2. The molecule has 0 aliphatic carbocycles. The molecule has 2 aromatic carbocycles. The van der Waals surface area contributed by atoms with E-state index in [0.29, 0.717) is 43.4 Å². The molecule has 1 saturated heterocycles. The van der Waals surface area contributed by atoms with Gasteiger partial charge in [-0.15, -0.1) is 11.3 Å². The predicted octanol–water partition coefficient (Wildman–Crippen LogP) is 5.11. The quantitative estimate of drug-likeness (QED) is 0.488. The molecule has 0 atom stereocenters. The summed E-state index contributed by atoms with van der Waals surface area (Å²) in [6, 6.07) is 10.2. The Hall–Kier alpha value is -2.03. The van der Waals surface area contributed by atoms with Crippen molar-refractivity contribution in [3.05, 3.63) is 75.8 Å². The average molecular weight is 469 g/mol. The number of benzene rings is 2. The third-order valence-electron chi connectivity index (χ3n) is 5.19. The van der Waals surface area contributed by atoms with E-state index in [2.05, 4.69) is 9.88 Å². The average Bonchev–Trinajstić information content (AvgIpc) is 3.18. The van der Waals surface area contributed by atoms with Crippen LogP contribution in [0.2, 0.25) is 5.02 Å². The summed E-state index contributed by atoms with van der Waals surface area (Å²) in [7, 11) is -3.85. The van der Waals surface area contributed by atoms with E-state index in [-0.39, 0.29) is 0 Å². The molecule has 0 spiro atoms. The second kappa shape index (κ2) is 8.61. The van der Waals surface area contributed by atoms with Gasteiger partial charge < -0.3 is 4.90 Å². The van der Waals surface area contributed by atoms with E-state index in [4.69, 9.17) is 11.6 Å². The topological polar surface area (TPSA) is 50.3 Å². The smallest absolute Gasteiger partial charge is 0.185 e. The summed E-state index contributed by atoms with van der Waals surface area (Å²) < 4.78 is 52.7. The van der Waals surface area contributed by atoms with E-state index < -0.39 is 31.6 Å². The number of hydrogen-bond acceptors (Lipinski definition) is 5. The Labute approximate surface area is 183 Å². The maximum absolute atomic E-state index is 14.0. The molecule has 0 bridgehead atoms. The molecule has 1 aromatic heterocycles. The van der Waals surface area contributed by atoms with Crippen molar-refractivity contribution in [2.75, 3.05) is 18.0 Å². The molecule has 1 aliphatic rings. The van der Waals surface area contributed by atoms with Gasteiger partial charge in [-0.3, -0.25) is 0 Å². The SMILES string of the molecule is O=S(=O)(c1ccc(F)cc1F)C1CCN(c2nc(Cc3ccc(Cl)cc3)cs2)CC1. The van der Waals surface area contributed by atoms with Crippen molar-refractivity contribution in [1.29, 1.82) is 0 Å². The van der Waals surface area contributed by atoms with Gasteiger partial charge in [0.05, 0.1) is 10.9 Å². The molecule has 3 aromatic rings. The fourth-order valence-electron chi connectivity index (χ4n) is 3.58. The Morgan fingerprint density at radius 1 is 1.10 bits per heavy atom. The van der Waals surface area contributed by atoms with Crippen LogP contribution in [0.25, 0.3) is 0 Å². The van der Waals surface area contributed by atoms with Crippen LogP contribution >= 0.6 is 22.9 Å². The van der Waals surface area contributed by atoms with Crippen molar-refractivity contribution >= 4 is 37.9 Å². The standard InChI is InChI=1S/C21H19ClF2N2O2S2/c22-15-3-1-14(2-4-15)11-17-13-29-21(25-17)26-9-7-18(8-10-26)30(27,28)20-6-5-16(23)12-19(20)24/h1-6,12-13,18H,7-11H2.